The quantitative estimate of drug-likeness (QED) is 0.621. The van der Waals surface area contributed by atoms with Crippen molar-refractivity contribution in [2.45, 2.75) is 32.3 Å². The fourth-order valence-corrected chi connectivity index (χ4v) is 3.03. The summed E-state index contributed by atoms with van der Waals surface area (Å²) in [7, 11) is 0. The summed E-state index contributed by atoms with van der Waals surface area (Å²) in [5, 5.41) is 0. The number of fused-ring (bicyclic) bond motifs is 3. The van der Waals surface area contributed by atoms with Gasteiger partial charge in [-0.3, -0.25) is 4.79 Å². The number of carbonyl (C=O) groups excluding carboxylic acids is 1. The van der Waals surface area contributed by atoms with Crippen molar-refractivity contribution in [2.75, 3.05) is 0 Å². The minimum absolute atomic E-state index is 0.142. The molecule has 0 amide bonds. The van der Waals surface area contributed by atoms with Crippen LogP contribution in [0.25, 0.3) is 0 Å². The molecule has 2 aromatic carbocycles. The lowest BCUT2D eigenvalue weighted by molar-refractivity contribution is 0.0618. The smallest absolute Gasteiger partial charge is 0.170 e. The predicted molar refractivity (Wildman–Crippen MR) is 79.4 cm³/mol. The first kappa shape index (κ1) is 12.5. The van der Waals surface area contributed by atoms with Crippen LogP contribution in [0.4, 0.5) is 0 Å². The Balaban J connectivity index is 1.82. The van der Waals surface area contributed by atoms with Gasteiger partial charge in [0.05, 0.1) is 12.0 Å². The molecule has 2 aromatic rings. The van der Waals surface area contributed by atoms with Crippen molar-refractivity contribution < 1.29 is 14.3 Å². The van der Waals surface area contributed by atoms with Gasteiger partial charge in [-0.2, -0.15) is 0 Å². The molecule has 0 atom stereocenters. The van der Waals surface area contributed by atoms with E-state index < -0.39 is 5.60 Å². The minimum atomic E-state index is -0.453. The summed E-state index contributed by atoms with van der Waals surface area (Å²) in [5.74, 6) is 2.45. The Morgan fingerprint density at radius 1 is 1.00 bits per heavy atom. The molecule has 2 heterocycles. The molecule has 21 heavy (non-hydrogen) atoms. The number of carbonyl (C=O) groups is 1. The van der Waals surface area contributed by atoms with E-state index in [0.29, 0.717) is 17.7 Å². The Kier molecular flexibility index (Phi) is 2.43. The molecule has 0 fully saturated rings. The van der Waals surface area contributed by atoms with Crippen LogP contribution in [0.5, 0.6) is 17.2 Å². The molecule has 106 valence electrons. The summed E-state index contributed by atoms with van der Waals surface area (Å²) in [6, 6.07) is 11.8. The zero-order chi connectivity index (χ0) is 14.6. The van der Waals surface area contributed by atoms with Crippen LogP contribution in [0.3, 0.4) is 0 Å². The van der Waals surface area contributed by atoms with Gasteiger partial charge in [0, 0.05) is 18.1 Å². The van der Waals surface area contributed by atoms with Crippen molar-refractivity contribution in [2.24, 2.45) is 0 Å². The first-order valence-electron chi connectivity index (χ1n) is 7.17. The molecule has 2 aliphatic heterocycles. The number of Topliss-reactive ketones (excluding diaryl/α,β-unsaturated/α-hetero) is 1. The van der Waals surface area contributed by atoms with Crippen molar-refractivity contribution in [3.8, 4) is 17.2 Å². The summed E-state index contributed by atoms with van der Waals surface area (Å²) in [5.41, 5.74) is 2.42. The minimum Gasteiger partial charge on any atom is -0.486 e. The van der Waals surface area contributed by atoms with Crippen molar-refractivity contribution in [1.29, 1.82) is 0 Å². The summed E-state index contributed by atoms with van der Waals surface area (Å²) < 4.78 is 11.9. The molecule has 2 aliphatic rings. The molecule has 0 radical (unpaired) electrons. The zero-order valence-corrected chi connectivity index (χ0v) is 12.1. The molecule has 0 saturated carbocycles. The standard InChI is InChI=1S/C18H16O3/c1-18(2)10-14(19)13-8-12-7-11-5-3-4-6-15(11)20-16(12)9-17(13)21-18/h3-6,8-9H,7,10H2,1-2H3. The van der Waals surface area contributed by atoms with Crippen molar-refractivity contribution >= 4 is 5.78 Å². The Morgan fingerprint density at radius 2 is 1.81 bits per heavy atom. The lowest BCUT2D eigenvalue weighted by Crippen LogP contribution is -2.36. The Morgan fingerprint density at radius 3 is 2.67 bits per heavy atom. The highest BCUT2D eigenvalue weighted by Crippen LogP contribution is 2.42. The van der Waals surface area contributed by atoms with E-state index in [1.54, 1.807) is 0 Å². The first-order chi connectivity index (χ1) is 10.0. The van der Waals surface area contributed by atoms with Crippen LogP contribution in [-0.2, 0) is 6.42 Å². The number of ketones is 1. The molecule has 0 N–H and O–H groups in total. The zero-order valence-electron chi connectivity index (χ0n) is 12.1. The Hall–Kier alpha value is -2.29. The van der Waals surface area contributed by atoms with Gasteiger partial charge < -0.3 is 9.47 Å². The molecule has 0 saturated heterocycles. The van der Waals surface area contributed by atoms with Crippen LogP contribution in [0, 0.1) is 0 Å². The van der Waals surface area contributed by atoms with Gasteiger partial charge in [0.25, 0.3) is 0 Å². The molecule has 3 heteroatoms. The molecule has 0 unspecified atom stereocenters. The Bertz CT molecular complexity index is 759. The summed E-state index contributed by atoms with van der Waals surface area (Å²) in [6.45, 7) is 3.87. The highest BCUT2D eigenvalue weighted by atomic mass is 16.5. The molecule has 3 nitrogen and oxygen atoms in total. The topological polar surface area (TPSA) is 35.5 Å². The molecule has 0 aliphatic carbocycles. The molecule has 4 rings (SSSR count). The lowest BCUT2D eigenvalue weighted by atomic mass is 9.90. The largest absolute Gasteiger partial charge is 0.486 e. The second kappa shape index (κ2) is 4.10. The number of benzene rings is 2. The fourth-order valence-electron chi connectivity index (χ4n) is 3.03. The van der Waals surface area contributed by atoms with E-state index >= 15 is 0 Å². The van der Waals surface area contributed by atoms with Crippen LogP contribution in [0.2, 0.25) is 0 Å². The number of ether oxygens (including phenoxy) is 2. The van der Waals surface area contributed by atoms with E-state index in [1.165, 1.54) is 0 Å². The van der Waals surface area contributed by atoms with Gasteiger partial charge in [0.15, 0.2) is 5.78 Å². The van der Waals surface area contributed by atoms with Gasteiger partial charge in [0.2, 0.25) is 0 Å². The first-order valence-corrected chi connectivity index (χ1v) is 7.17. The summed E-state index contributed by atoms with van der Waals surface area (Å²) in [6.07, 6.45) is 1.20. The summed E-state index contributed by atoms with van der Waals surface area (Å²) >= 11 is 0. The molecule has 0 aromatic heterocycles. The van der Waals surface area contributed by atoms with E-state index in [0.717, 1.165) is 29.0 Å². The van der Waals surface area contributed by atoms with Crippen molar-refractivity contribution in [3.63, 3.8) is 0 Å². The third-order valence-corrected chi connectivity index (χ3v) is 4.01. The fraction of sp³-hybridized carbons (Fsp3) is 0.278. The third-order valence-electron chi connectivity index (χ3n) is 4.01. The number of hydrogen-bond donors (Lipinski definition) is 0. The SMILES string of the molecule is CC1(C)CC(=O)c2cc3c(cc2O1)Oc1ccccc1C3. The lowest BCUT2D eigenvalue weighted by Gasteiger charge is -2.33. The van der Waals surface area contributed by atoms with E-state index in [2.05, 4.69) is 6.07 Å². The van der Waals surface area contributed by atoms with Crippen LogP contribution in [-0.4, -0.2) is 11.4 Å². The second-order valence-corrected chi connectivity index (χ2v) is 6.30. The van der Waals surface area contributed by atoms with Crippen LogP contribution in [0.1, 0.15) is 41.8 Å². The second-order valence-electron chi connectivity index (χ2n) is 6.30. The van der Waals surface area contributed by atoms with Gasteiger partial charge in [0.1, 0.15) is 22.8 Å². The van der Waals surface area contributed by atoms with Crippen molar-refractivity contribution in [3.05, 3.63) is 53.1 Å². The predicted octanol–water partition coefficient (Wildman–Crippen LogP) is 4.13. The normalized spacial score (nSPS) is 17.9. The van der Waals surface area contributed by atoms with Crippen LogP contribution < -0.4 is 9.47 Å². The maximum atomic E-state index is 12.3. The van der Waals surface area contributed by atoms with Gasteiger partial charge in [-0.15, -0.1) is 0 Å². The van der Waals surface area contributed by atoms with Crippen LogP contribution in [0.15, 0.2) is 36.4 Å². The average Bonchev–Trinajstić information content (AvgIpc) is 2.42. The van der Waals surface area contributed by atoms with Crippen LogP contribution >= 0.6 is 0 Å². The van der Waals surface area contributed by atoms with E-state index in [-0.39, 0.29) is 5.78 Å². The van der Waals surface area contributed by atoms with Gasteiger partial charge in [-0.1, -0.05) is 18.2 Å². The number of rotatable bonds is 0. The van der Waals surface area contributed by atoms with Gasteiger partial charge in [-0.05, 0) is 31.5 Å². The highest BCUT2D eigenvalue weighted by molar-refractivity contribution is 6.00. The van der Waals surface area contributed by atoms with Crippen molar-refractivity contribution in [1.82, 2.24) is 0 Å². The number of para-hydroxylation sites is 1. The number of hydrogen-bond acceptors (Lipinski definition) is 3. The van der Waals surface area contributed by atoms with Gasteiger partial charge >= 0.3 is 0 Å². The van der Waals surface area contributed by atoms with E-state index in [9.17, 15) is 4.79 Å². The third kappa shape index (κ3) is 2.00. The maximum absolute atomic E-state index is 12.3. The monoisotopic (exact) mass is 280 g/mol. The molecule has 0 spiro atoms. The van der Waals surface area contributed by atoms with E-state index in [1.807, 2.05) is 44.2 Å². The average molecular weight is 280 g/mol. The van der Waals surface area contributed by atoms with E-state index in [4.69, 9.17) is 9.47 Å². The highest BCUT2D eigenvalue weighted by Gasteiger charge is 2.34. The molecular formula is C18H16O3. The summed E-state index contributed by atoms with van der Waals surface area (Å²) in [4.78, 5) is 12.3. The molecular weight excluding hydrogens is 264 g/mol. The molecule has 0 bridgehead atoms. The van der Waals surface area contributed by atoms with Gasteiger partial charge in [-0.25, -0.2) is 0 Å². The maximum Gasteiger partial charge on any atom is 0.170 e. The Labute approximate surface area is 123 Å².